The third-order valence-electron chi connectivity index (χ3n) is 6.56. The monoisotopic (exact) mass is 500 g/mol. The first-order valence-corrected chi connectivity index (χ1v) is 12.5. The molecule has 0 radical (unpaired) electrons. The normalized spacial score (nSPS) is 17.2. The van der Waals surface area contributed by atoms with Gasteiger partial charge in [0.15, 0.2) is 5.13 Å². The van der Waals surface area contributed by atoms with Crippen LogP contribution in [0.4, 0.5) is 10.9 Å². The summed E-state index contributed by atoms with van der Waals surface area (Å²) in [7, 11) is 1.64. The Morgan fingerprint density at radius 1 is 1.14 bits per heavy atom. The van der Waals surface area contributed by atoms with Crippen LogP contribution in [-0.2, 0) is 4.79 Å². The number of amides is 1. The van der Waals surface area contributed by atoms with Gasteiger partial charge >= 0.3 is 0 Å². The quantitative estimate of drug-likeness (QED) is 0.321. The van der Waals surface area contributed by atoms with E-state index in [4.69, 9.17) is 9.26 Å². The number of carbonyl (C=O) groups excluding carboxylic acids is 1. The van der Waals surface area contributed by atoms with Crippen molar-refractivity contribution in [2.24, 2.45) is 5.92 Å². The molecular weight excluding hydrogens is 476 g/mol. The molecule has 5 aromatic rings. The fourth-order valence-corrected chi connectivity index (χ4v) is 5.55. The van der Waals surface area contributed by atoms with Crippen LogP contribution in [0.2, 0.25) is 0 Å². The number of pyridine rings is 1. The molecule has 6 rings (SSSR count). The Morgan fingerprint density at radius 3 is 2.78 bits per heavy atom. The average molecular weight is 501 g/mol. The Labute approximate surface area is 210 Å². The summed E-state index contributed by atoms with van der Waals surface area (Å²) in [5.41, 5.74) is 2.78. The van der Waals surface area contributed by atoms with Gasteiger partial charge in [-0.15, -0.1) is 0 Å². The number of methoxy groups -OCH3 is 1. The zero-order valence-corrected chi connectivity index (χ0v) is 20.8. The third kappa shape index (κ3) is 4.03. The lowest BCUT2D eigenvalue weighted by Gasteiger charge is -2.35. The summed E-state index contributed by atoms with van der Waals surface area (Å²) in [4.78, 5) is 26.4. The topological polar surface area (TPSA) is 115 Å². The number of benzene rings is 2. The van der Waals surface area contributed by atoms with Crippen LogP contribution in [0, 0.1) is 19.8 Å². The second-order valence-electron chi connectivity index (χ2n) is 9.01. The Balaban J connectivity index is 1.14. The van der Waals surface area contributed by atoms with Gasteiger partial charge in [0.25, 0.3) is 0 Å². The van der Waals surface area contributed by atoms with E-state index in [2.05, 4.69) is 30.7 Å². The molecule has 2 N–H and O–H groups in total. The molecule has 182 valence electrons. The number of rotatable bonds is 6. The molecule has 2 aromatic carbocycles. The SMILES string of the molecule is COc1ccc(C)c2nc(NC(=O)C3CC(Nc4nccc5ccc(-c6noc(C)n6)cc45)C3)sc12. The first-order chi connectivity index (χ1) is 17.5. The lowest BCUT2D eigenvalue weighted by Crippen LogP contribution is -2.42. The molecule has 1 saturated carbocycles. The zero-order chi connectivity index (χ0) is 24.8. The van der Waals surface area contributed by atoms with Crippen molar-refractivity contribution in [1.82, 2.24) is 20.1 Å². The molecule has 0 bridgehead atoms. The summed E-state index contributed by atoms with van der Waals surface area (Å²) in [6.45, 7) is 3.77. The van der Waals surface area contributed by atoms with Gasteiger partial charge < -0.3 is 19.9 Å². The molecule has 1 fully saturated rings. The number of nitrogens with zero attached hydrogens (tertiary/aromatic N) is 4. The van der Waals surface area contributed by atoms with Gasteiger partial charge in [-0.05, 0) is 48.9 Å². The maximum atomic E-state index is 12.9. The highest BCUT2D eigenvalue weighted by Gasteiger charge is 2.35. The summed E-state index contributed by atoms with van der Waals surface area (Å²) in [5.74, 6) is 2.53. The van der Waals surface area contributed by atoms with E-state index in [0.29, 0.717) is 16.8 Å². The maximum absolute atomic E-state index is 12.9. The lowest BCUT2D eigenvalue weighted by atomic mass is 9.79. The summed E-state index contributed by atoms with van der Waals surface area (Å²) in [6, 6.07) is 12.0. The van der Waals surface area contributed by atoms with E-state index in [9.17, 15) is 4.79 Å². The summed E-state index contributed by atoms with van der Waals surface area (Å²) >= 11 is 1.44. The Morgan fingerprint density at radius 2 is 2.00 bits per heavy atom. The molecule has 0 saturated heterocycles. The number of ether oxygens (including phenoxy) is 1. The van der Waals surface area contributed by atoms with Gasteiger partial charge in [-0.3, -0.25) is 4.79 Å². The second-order valence-corrected chi connectivity index (χ2v) is 10.0. The number of carbonyl (C=O) groups is 1. The van der Waals surface area contributed by atoms with Gasteiger partial charge in [0.05, 0.1) is 17.3 Å². The maximum Gasteiger partial charge on any atom is 0.229 e. The highest BCUT2D eigenvalue weighted by atomic mass is 32.1. The molecule has 1 aliphatic carbocycles. The molecule has 0 unspecified atom stereocenters. The molecular formula is C26H24N6O3S. The van der Waals surface area contributed by atoms with Crippen molar-refractivity contribution >= 4 is 49.2 Å². The minimum atomic E-state index is -0.0784. The summed E-state index contributed by atoms with van der Waals surface area (Å²) in [5, 5.41) is 13.2. The number of anilines is 2. The van der Waals surface area contributed by atoms with Gasteiger partial charge in [0, 0.05) is 36.0 Å². The van der Waals surface area contributed by atoms with E-state index >= 15 is 0 Å². The molecule has 9 nitrogen and oxygen atoms in total. The molecule has 3 aromatic heterocycles. The van der Waals surface area contributed by atoms with Gasteiger partial charge in [-0.1, -0.05) is 34.7 Å². The van der Waals surface area contributed by atoms with Crippen molar-refractivity contribution in [3.05, 3.63) is 54.0 Å². The number of fused-ring (bicyclic) bond motifs is 2. The van der Waals surface area contributed by atoms with Crippen LogP contribution in [0.25, 0.3) is 32.4 Å². The summed E-state index contributed by atoms with van der Waals surface area (Å²) < 4.78 is 11.5. The van der Waals surface area contributed by atoms with Crippen LogP contribution in [0.1, 0.15) is 24.3 Å². The van der Waals surface area contributed by atoms with Gasteiger partial charge in [-0.25, -0.2) is 9.97 Å². The molecule has 0 aliphatic heterocycles. The fraction of sp³-hybridized carbons (Fsp3) is 0.269. The van der Waals surface area contributed by atoms with Crippen molar-refractivity contribution in [3.63, 3.8) is 0 Å². The van der Waals surface area contributed by atoms with Crippen LogP contribution < -0.4 is 15.4 Å². The van der Waals surface area contributed by atoms with Crippen molar-refractivity contribution in [1.29, 1.82) is 0 Å². The highest BCUT2D eigenvalue weighted by molar-refractivity contribution is 7.22. The standard InChI is InChI=1S/C26H24N6O3S/c1-13-4-7-20(34-3)22-21(13)30-26(36-22)31-25(33)17-10-18(11-17)29-24-19-12-16(23-28-14(2)35-32-23)6-5-15(19)8-9-27-24/h4-9,12,17-18H,10-11H2,1-3H3,(H,27,29)(H,30,31,33). The molecule has 10 heteroatoms. The van der Waals surface area contributed by atoms with Crippen LogP contribution >= 0.6 is 11.3 Å². The van der Waals surface area contributed by atoms with E-state index in [0.717, 1.165) is 56.5 Å². The van der Waals surface area contributed by atoms with Crippen molar-refractivity contribution in [3.8, 4) is 17.1 Å². The van der Waals surface area contributed by atoms with E-state index in [1.54, 1.807) is 20.2 Å². The van der Waals surface area contributed by atoms with E-state index < -0.39 is 0 Å². The minimum absolute atomic E-state index is 0.00984. The first-order valence-electron chi connectivity index (χ1n) is 11.7. The number of aryl methyl sites for hydroxylation is 2. The molecule has 0 spiro atoms. The van der Waals surface area contributed by atoms with E-state index in [1.807, 2.05) is 43.3 Å². The van der Waals surface area contributed by atoms with Gasteiger partial charge in [-0.2, -0.15) is 4.98 Å². The van der Waals surface area contributed by atoms with Crippen molar-refractivity contribution in [2.45, 2.75) is 32.7 Å². The second kappa shape index (κ2) is 8.87. The molecule has 1 aliphatic rings. The molecule has 36 heavy (non-hydrogen) atoms. The van der Waals surface area contributed by atoms with Crippen LogP contribution in [0.5, 0.6) is 5.75 Å². The molecule has 3 heterocycles. The zero-order valence-electron chi connectivity index (χ0n) is 20.0. The number of hydrogen-bond acceptors (Lipinski definition) is 9. The van der Waals surface area contributed by atoms with Crippen LogP contribution in [-0.4, -0.2) is 39.2 Å². The predicted octanol–water partition coefficient (Wildman–Crippen LogP) is 5.35. The highest BCUT2D eigenvalue weighted by Crippen LogP contribution is 2.37. The van der Waals surface area contributed by atoms with Crippen molar-refractivity contribution in [2.75, 3.05) is 17.7 Å². The minimum Gasteiger partial charge on any atom is -0.495 e. The number of aromatic nitrogens is 4. The third-order valence-corrected chi connectivity index (χ3v) is 7.55. The van der Waals surface area contributed by atoms with Crippen LogP contribution in [0.3, 0.4) is 0 Å². The van der Waals surface area contributed by atoms with E-state index in [-0.39, 0.29) is 17.9 Å². The fourth-order valence-electron chi connectivity index (χ4n) is 4.51. The Hall–Kier alpha value is -4.05. The smallest absolute Gasteiger partial charge is 0.229 e. The van der Waals surface area contributed by atoms with E-state index in [1.165, 1.54) is 11.3 Å². The summed E-state index contributed by atoms with van der Waals surface area (Å²) in [6.07, 6.45) is 3.23. The Bertz CT molecular complexity index is 1600. The first kappa shape index (κ1) is 22.4. The van der Waals surface area contributed by atoms with Gasteiger partial charge in [0.1, 0.15) is 11.6 Å². The van der Waals surface area contributed by atoms with Crippen molar-refractivity contribution < 1.29 is 14.1 Å². The largest absolute Gasteiger partial charge is 0.495 e. The molecule has 1 amide bonds. The number of hydrogen-bond donors (Lipinski definition) is 2. The average Bonchev–Trinajstić information content (AvgIpc) is 3.48. The lowest BCUT2D eigenvalue weighted by molar-refractivity contribution is -0.122. The predicted molar refractivity (Wildman–Crippen MR) is 139 cm³/mol. The van der Waals surface area contributed by atoms with Gasteiger partial charge in [0.2, 0.25) is 17.6 Å². The number of nitrogens with one attached hydrogen (secondary N) is 2. The van der Waals surface area contributed by atoms with Crippen LogP contribution in [0.15, 0.2) is 47.1 Å². The number of thiazole rings is 1. The Kier molecular flexibility index (Phi) is 5.52. The molecule has 0 atom stereocenters.